The predicted molar refractivity (Wildman–Crippen MR) is 80.9 cm³/mol. The maximum Gasteiger partial charge on any atom is 0.270 e. The molecule has 0 saturated carbocycles. The third kappa shape index (κ3) is 2.26. The van der Waals surface area contributed by atoms with Crippen LogP contribution in [0.25, 0.3) is 16.2 Å². The number of nitrogens with zero attached hydrogens (tertiary/aromatic N) is 4. The first-order chi connectivity index (χ1) is 10.7. The van der Waals surface area contributed by atoms with Gasteiger partial charge in [-0.05, 0) is 12.8 Å². The first-order valence-electron chi connectivity index (χ1n) is 6.93. The smallest absolute Gasteiger partial charge is 0.270 e. The van der Waals surface area contributed by atoms with E-state index in [0.29, 0.717) is 11.3 Å². The molecule has 3 heterocycles. The SMILES string of the molecule is O=[N+]([O-])c1cccc(-c2cn3nc(C4CCCO4)sc3n2)c1. The van der Waals surface area contributed by atoms with Crippen LogP contribution in [0.1, 0.15) is 24.0 Å². The topological polar surface area (TPSA) is 82.6 Å². The van der Waals surface area contributed by atoms with E-state index in [4.69, 9.17) is 4.74 Å². The van der Waals surface area contributed by atoms with E-state index in [1.165, 1.54) is 23.5 Å². The van der Waals surface area contributed by atoms with E-state index in [0.717, 1.165) is 29.4 Å². The number of hydrogen-bond donors (Lipinski definition) is 0. The highest BCUT2D eigenvalue weighted by Crippen LogP contribution is 2.32. The molecule has 1 fully saturated rings. The second-order valence-electron chi connectivity index (χ2n) is 5.10. The van der Waals surface area contributed by atoms with Crippen LogP contribution in [0.4, 0.5) is 5.69 Å². The van der Waals surface area contributed by atoms with Crippen LogP contribution in [0.2, 0.25) is 0 Å². The van der Waals surface area contributed by atoms with Crippen molar-refractivity contribution in [3.05, 3.63) is 45.6 Å². The maximum absolute atomic E-state index is 10.9. The van der Waals surface area contributed by atoms with Gasteiger partial charge >= 0.3 is 0 Å². The lowest BCUT2D eigenvalue weighted by Crippen LogP contribution is -1.95. The van der Waals surface area contributed by atoms with Crippen LogP contribution in [0.3, 0.4) is 0 Å². The van der Waals surface area contributed by atoms with Crippen LogP contribution < -0.4 is 0 Å². The molecule has 112 valence electrons. The number of nitro benzene ring substituents is 1. The van der Waals surface area contributed by atoms with E-state index in [-0.39, 0.29) is 11.8 Å². The number of aromatic nitrogens is 3. The van der Waals surface area contributed by atoms with Crippen LogP contribution in [-0.2, 0) is 4.74 Å². The Morgan fingerprint density at radius 3 is 3.09 bits per heavy atom. The van der Waals surface area contributed by atoms with Crippen molar-refractivity contribution in [3.8, 4) is 11.3 Å². The highest BCUT2D eigenvalue weighted by Gasteiger charge is 2.22. The minimum atomic E-state index is -0.407. The van der Waals surface area contributed by atoms with Gasteiger partial charge in [-0.3, -0.25) is 10.1 Å². The average Bonchev–Trinajstić information content (AvgIpc) is 3.22. The summed E-state index contributed by atoms with van der Waals surface area (Å²) in [6, 6.07) is 6.45. The summed E-state index contributed by atoms with van der Waals surface area (Å²) in [5.41, 5.74) is 1.45. The molecule has 1 saturated heterocycles. The van der Waals surface area contributed by atoms with Gasteiger partial charge in [0.2, 0.25) is 4.96 Å². The number of nitro groups is 1. The molecule has 1 aliphatic heterocycles. The van der Waals surface area contributed by atoms with Crippen LogP contribution in [-0.4, -0.2) is 26.1 Å². The van der Waals surface area contributed by atoms with E-state index < -0.39 is 4.92 Å². The Balaban J connectivity index is 1.69. The Kier molecular flexibility index (Phi) is 3.12. The minimum absolute atomic E-state index is 0.0573. The predicted octanol–water partition coefficient (Wildman–Crippen LogP) is 3.22. The van der Waals surface area contributed by atoms with Gasteiger partial charge in [-0.1, -0.05) is 23.5 Å². The zero-order valence-electron chi connectivity index (χ0n) is 11.5. The van der Waals surface area contributed by atoms with Crippen molar-refractivity contribution < 1.29 is 9.66 Å². The molecule has 2 aromatic heterocycles. The van der Waals surface area contributed by atoms with Crippen molar-refractivity contribution in [1.29, 1.82) is 0 Å². The minimum Gasteiger partial charge on any atom is -0.371 e. The maximum atomic E-state index is 10.9. The summed E-state index contributed by atoms with van der Waals surface area (Å²) < 4.78 is 7.34. The Bertz CT molecular complexity index is 819. The zero-order valence-corrected chi connectivity index (χ0v) is 12.3. The van der Waals surface area contributed by atoms with E-state index in [1.807, 2.05) is 0 Å². The van der Waals surface area contributed by atoms with Crippen molar-refractivity contribution >= 4 is 22.0 Å². The molecule has 7 nitrogen and oxygen atoms in total. The van der Waals surface area contributed by atoms with Crippen molar-refractivity contribution in [2.75, 3.05) is 6.61 Å². The number of non-ortho nitro benzene ring substituents is 1. The standard InChI is InChI=1S/C14H12N4O3S/c19-18(20)10-4-1-3-9(7-10)11-8-17-14(15-11)22-13(16-17)12-5-2-6-21-12/h1,3-4,7-8,12H,2,5-6H2. The lowest BCUT2D eigenvalue weighted by Gasteiger charge is -2.02. The van der Waals surface area contributed by atoms with Gasteiger partial charge in [0.25, 0.3) is 5.69 Å². The molecular formula is C14H12N4O3S. The largest absolute Gasteiger partial charge is 0.371 e. The van der Waals surface area contributed by atoms with Crippen molar-refractivity contribution in [2.45, 2.75) is 18.9 Å². The van der Waals surface area contributed by atoms with Crippen LogP contribution in [0, 0.1) is 10.1 Å². The van der Waals surface area contributed by atoms with E-state index >= 15 is 0 Å². The Hall–Kier alpha value is -2.32. The van der Waals surface area contributed by atoms with Gasteiger partial charge in [0.15, 0.2) is 0 Å². The first-order valence-corrected chi connectivity index (χ1v) is 7.75. The fourth-order valence-corrected chi connectivity index (χ4v) is 3.50. The number of benzene rings is 1. The molecule has 0 bridgehead atoms. The van der Waals surface area contributed by atoms with Crippen molar-refractivity contribution in [3.63, 3.8) is 0 Å². The van der Waals surface area contributed by atoms with Gasteiger partial charge in [-0.25, -0.2) is 9.50 Å². The van der Waals surface area contributed by atoms with E-state index in [1.54, 1.807) is 22.8 Å². The lowest BCUT2D eigenvalue weighted by molar-refractivity contribution is -0.384. The van der Waals surface area contributed by atoms with E-state index in [9.17, 15) is 10.1 Å². The van der Waals surface area contributed by atoms with Gasteiger partial charge in [-0.2, -0.15) is 5.10 Å². The summed E-state index contributed by atoms with van der Waals surface area (Å²) in [6.45, 7) is 0.783. The summed E-state index contributed by atoms with van der Waals surface area (Å²) in [5.74, 6) is 0. The van der Waals surface area contributed by atoms with E-state index in [2.05, 4.69) is 10.1 Å². The molecule has 1 aliphatic rings. The van der Waals surface area contributed by atoms with Gasteiger partial charge in [0, 0.05) is 24.3 Å². The monoisotopic (exact) mass is 316 g/mol. The normalized spacial score (nSPS) is 18.1. The molecular weight excluding hydrogens is 304 g/mol. The first kappa shape index (κ1) is 13.4. The fourth-order valence-electron chi connectivity index (χ4n) is 2.54. The van der Waals surface area contributed by atoms with Crippen molar-refractivity contribution in [2.24, 2.45) is 0 Å². The molecule has 3 aromatic rings. The molecule has 1 unspecified atom stereocenters. The molecule has 0 amide bonds. The van der Waals surface area contributed by atoms with Crippen LogP contribution in [0.15, 0.2) is 30.5 Å². The number of imidazole rings is 1. The molecule has 0 aliphatic carbocycles. The third-order valence-electron chi connectivity index (χ3n) is 3.62. The van der Waals surface area contributed by atoms with Crippen LogP contribution in [0.5, 0.6) is 0 Å². The van der Waals surface area contributed by atoms with Gasteiger partial charge in [0.05, 0.1) is 16.8 Å². The molecule has 1 atom stereocenters. The highest BCUT2D eigenvalue weighted by atomic mass is 32.1. The van der Waals surface area contributed by atoms with Crippen molar-refractivity contribution in [1.82, 2.24) is 14.6 Å². The number of fused-ring (bicyclic) bond motifs is 1. The quantitative estimate of drug-likeness (QED) is 0.547. The summed E-state index contributed by atoms with van der Waals surface area (Å²) >= 11 is 1.50. The molecule has 0 N–H and O–H groups in total. The second-order valence-corrected chi connectivity index (χ2v) is 6.09. The fraction of sp³-hybridized carbons (Fsp3) is 0.286. The lowest BCUT2D eigenvalue weighted by atomic mass is 10.1. The summed E-state index contributed by atoms with van der Waals surface area (Å²) in [5, 5.41) is 16.3. The summed E-state index contributed by atoms with van der Waals surface area (Å²) in [4.78, 5) is 15.7. The molecule has 22 heavy (non-hydrogen) atoms. The Morgan fingerprint density at radius 2 is 2.36 bits per heavy atom. The highest BCUT2D eigenvalue weighted by molar-refractivity contribution is 7.16. The number of hydrogen-bond acceptors (Lipinski definition) is 6. The van der Waals surface area contributed by atoms with Gasteiger partial charge in [0.1, 0.15) is 11.1 Å². The molecule has 0 spiro atoms. The average molecular weight is 316 g/mol. The number of rotatable bonds is 3. The molecule has 0 radical (unpaired) electrons. The second kappa shape index (κ2) is 5.15. The van der Waals surface area contributed by atoms with Gasteiger partial charge in [-0.15, -0.1) is 0 Å². The van der Waals surface area contributed by atoms with Crippen LogP contribution >= 0.6 is 11.3 Å². The Morgan fingerprint density at radius 1 is 1.45 bits per heavy atom. The summed E-state index contributed by atoms with van der Waals surface area (Å²) in [6.07, 6.45) is 3.93. The molecule has 4 rings (SSSR count). The summed E-state index contributed by atoms with van der Waals surface area (Å²) in [7, 11) is 0. The third-order valence-corrected chi connectivity index (χ3v) is 4.63. The molecule has 1 aromatic carbocycles. The zero-order chi connectivity index (χ0) is 15.1. The number of ether oxygens (including phenoxy) is 1. The molecule has 8 heteroatoms. The Labute approximate surface area is 129 Å². The van der Waals surface area contributed by atoms with Gasteiger partial charge < -0.3 is 4.74 Å².